The third-order valence-corrected chi connectivity index (χ3v) is 3.47. The van der Waals surface area contributed by atoms with Gasteiger partial charge in [-0.15, -0.1) is 11.3 Å². The first-order valence-corrected chi connectivity index (χ1v) is 5.80. The van der Waals surface area contributed by atoms with Gasteiger partial charge in [0.1, 0.15) is 0 Å². The molecule has 3 N–H and O–H groups in total. The molecule has 0 aliphatic carbocycles. The van der Waals surface area contributed by atoms with Crippen molar-refractivity contribution >= 4 is 11.3 Å². The monoisotopic (exact) mass is 229 g/mol. The fourth-order valence-electron chi connectivity index (χ4n) is 1.36. The minimum absolute atomic E-state index is 0.0593. The smallest absolute Gasteiger partial charge is 0.0897 e. The van der Waals surface area contributed by atoms with Gasteiger partial charge in [-0.25, -0.2) is 4.98 Å². The summed E-state index contributed by atoms with van der Waals surface area (Å²) in [7, 11) is 1.69. The molecule has 1 aromatic heterocycles. The van der Waals surface area contributed by atoms with Crippen LogP contribution >= 0.6 is 11.3 Å². The van der Waals surface area contributed by atoms with E-state index >= 15 is 0 Å². The van der Waals surface area contributed by atoms with Crippen LogP contribution in [0.1, 0.15) is 24.5 Å². The maximum Gasteiger partial charge on any atom is 0.0897 e. The summed E-state index contributed by atoms with van der Waals surface area (Å²) in [5.41, 5.74) is 3.55. The molecule has 0 radical (unpaired) electrons. The molecule has 0 amide bonds. The first-order valence-electron chi connectivity index (χ1n) is 4.92. The summed E-state index contributed by atoms with van der Waals surface area (Å²) < 4.78 is 5.40. The number of aryl methyl sites for hydroxylation is 1. The van der Waals surface area contributed by atoms with Crippen molar-refractivity contribution in [1.29, 1.82) is 0 Å². The molecule has 5 heteroatoms. The average Bonchev–Trinajstić information content (AvgIpc) is 2.60. The van der Waals surface area contributed by atoms with Crippen LogP contribution in [-0.2, 0) is 11.2 Å². The number of nitrogens with two attached hydrogens (primary N) is 1. The van der Waals surface area contributed by atoms with Crippen LogP contribution < -0.4 is 11.3 Å². The Morgan fingerprint density at radius 2 is 2.33 bits per heavy atom. The molecule has 4 nitrogen and oxygen atoms in total. The van der Waals surface area contributed by atoms with Crippen LogP contribution in [0.25, 0.3) is 0 Å². The van der Waals surface area contributed by atoms with E-state index in [0.29, 0.717) is 0 Å². The molecule has 1 rings (SSSR count). The van der Waals surface area contributed by atoms with Crippen LogP contribution in [0.4, 0.5) is 0 Å². The number of methoxy groups -OCH3 is 1. The summed E-state index contributed by atoms with van der Waals surface area (Å²) in [6.45, 7) is 6.02. The first-order chi connectivity index (χ1) is 6.99. The number of nitrogens with one attached hydrogen (secondary N) is 1. The summed E-state index contributed by atoms with van der Waals surface area (Å²) in [6, 6.07) is 0.0593. The van der Waals surface area contributed by atoms with Gasteiger partial charge in [0.2, 0.25) is 0 Å². The van der Waals surface area contributed by atoms with Crippen LogP contribution in [0.15, 0.2) is 5.38 Å². The minimum atomic E-state index is -0.299. The third kappa shape index (κ3) is 3.24. The van der Waals surface area contributed by atoms with E-state index in [-0.39, 0.29) is 11.6 Å². The maximum absolute atomic E-state index is 5.53. The predicted octanol–water partition coefficient (Wildman–Crippen LogP) is 1.25. The van der Waals surface area contributed by atoms with Gasteiger partial charge in [-0.05, 0) is 20.8 Å². The lowest BCUT2D eigenvalue weighted by Gasteiger charge is -2.32. The second kappa shape index (κ2) is 5.03. The predicted molar refractivity (Wildman–Crippen MR) is 62.8 cm³/mol. The number of hydrogen-bond donors (Lipinski definition) is 2. The van der Waals surface area contributed by atoms with Crippen molar-refractivity contribution in [2.24, 2.45) is 5.84 Å². The van der Waals surface area contributed by atoms with Crippen molar-refractivity contribution in [2.45, 2.75) is 38.8 Å². The number of nitrogens with zero attached hydrogens (tertiary/aromatic N) is 1. The Kier molecular flexibility index (Phi) is 4.21. The minimum Gasteiger partial charge on any atom is -0.377 e. The fourth-order valence-corrected chi connectivity index (χ4v) is 1.98. The van der Waals surface area contributed by atoms with E-state index in [1.807, 2.05) is 20.8 Å². The lowest BCUT2D eigenvalue weighted by molar-refractivity contribution is -0.0103. The molecule has 1 aromatic rings. The van der Waals surface area contributed by atoms with Crippen molar-refractivity contribution in [3.8, 4) is 0 Å². The van der Waals surface area contributed by atoms with Gasteiger partial charge < -0.3 is 4.74 Å². The Morgan fingerprint density at radius 3 is 2.73 bits per heavy atom. The number of ether oxygens (including phenoxy) is 1. The lowest BCUT2D eigenvalue weighted by Crippen LogP contribution is -2.52. The highest BCUT2D eigenvalue weighted by Crippen LogP contribution is 2.18. The molecule has 0 fully saturated rings. The summed E-state index contributed by atoms with van der Waals surface area (Å²) in [5, 5.41) is 3.14. The van der Waals surface area contributed by atoms with Gasteiger partial charge in [0.25, 0.3) is 0 Å². The average molecular weight is 229 g/mol. The zero-order valence-corrected chi connectivity index (χ0v) is 10.5. The Balaban J connectivity index is 2.69. The van der Waals surface area contributed by atoms with Crippen molar-refractivity contribution < 1.29 is 4.74 Å². The molecule has 1 atom stereocenters. The van der Waals surface area contributed by atoms with E-state index in [2.05, 4.69) is 15.8 Å². The number of hydrazine groups is 1. The van der Waals surface area contributed by atoms with Gasteiger partial charge in [0.05, 0.1) is 22.3 Å². The van der Waals surface area contributed by atoms with Gasteiger partial charge in [0, 0.05) is 18.9 Å². The zero-order valence-electron chi connectivity index (χ0n) is 9.70. The molecule has 15 heavy (non-hydrogen) atoms. The molecule has 0 saturated heterocycles. The van der Waals surface area contributed by atoms with E-state index < -0.39 is 0 Å². The summed E-state index contributed by atoms with van der Waals surface area (Å²) in [4.78, 5) is 4.41. The summed E-state index contributed by atoms with van der Waals surface area (Å²) >= 11 is 1.65. The molecule has 1 unspecified atom stereocenters. The third-order valence-electron chi connectivity index (χ3n) is 2.65. The van der Waals surface area contributed by atoms with Crippen molar-refractivity contribution in [3.05, 3.63) is 16.1 Å². The highest BCUT2D eigenvalue weighted by Gasteiger charge is 2.29. The van der Waals surface area contributed by atoms with Gasteiger partial charge >= 0.3 is 0 Å². The molecule has 0 aromatic carbocycles. The highest BCUT2D eigenvalue weighted by atomic mass is 32.1. The van der Waals surface area contributed by atoms with Crippen molar-refractivity contribution in [1.82, 2.24) is 10.4 Å². The normalized spacial score (nSPS) is 14.2. The largest absolute Gasteiger partial charge is 0.377 e. The Morgan fingerprint density at radius 1 is 1.67 bits per heavy atom. The number of rotatable bonds is 5. The van der Waals surface area contributed by atoms with E-state index in [4.69, 9.17) is 10.6 Å². The second-order valence-corrected chi connectivity index (χ2v) is 5.15. The molecular formula is C10H19N3OS. The molecular weight excluding hydrogens is 210 g/mol. The maximum atomic E-state index is 5.53. The van der Waals surface area contributed by atoms with Crippen LogP contribution in [0.3, 0.4) is 0 Å². The van der Waals surface area contributed by atoms with Gasteiger partial charge in [0.15, 0.2) is 0 Å². The fraction of sp³-hybridized carbons (Fsp3) is 0.700. The molecule has 0 saturated carbocycles. The van der Waals surface area contributed by atoms with E-state index in [1.165, 1.54) is 0 Å². The molecule has 0 bridgehead atoms. The first kappa shape index (κ1) is 12.6. The Bertz CT molecular complexity index is 311. The molecule has 0 spiro atoms. The molecule has 1 heterocycles. The van der Waals surface area contributed by atoms with Gasteiger partial charge in [-0.2, -0.15) is 0 Å². The van der Waals surface area contributed by atoms with Gasteiger partial charge in [-0.3, -0.25) is 11.3 Å². The quantitative estimate of drug-likeness (QED) is 0.589. The highest BCUT2D eigenvalue weighted by molar-refractivity contribution is 7.09. The topological polar surface area (TPSA) is 60.2 Å². The van der Waals surface area contributed by atoms with E-state index in [0.717, 1.165) is 17.1 Å². The van der Waals surface area contributed by atoms with Gasteiger partial charge in [-0.1, -0.05) is 0 Å². The number of hydrogen-bond acceptors (Lipinski definition) is 5. The molecule has 0 aliphatic rings. The van der Waals surface area contributed by atoms with Crippen LogP contribution in [0.2, 0.25) is 0 Å². The lowest BCUT2D eigenvalue weighted by atomic mass is 9.95. The molecule has 86 valence electrons. The standard InChI is InChI=1S/C10H19N3OS/c1-7-12-8(6-15-7)5-9(13-11)10(2,3)14-4/h6,9,13H,5,11H2,1-4H3. The summed E-state index contributed by atoms with van der Waals surface area (Å²) in [6.07, 6.45) is 0.779. The Labute approximate surface area is 94.8 Å². The zero-order chi connectivity index (χ0) is 11.5. The van der Waals surface area contributed by atoms with E-state index in [1.54, 1.807) is 18.4 Å². The van der Waals surface area contributed by atoms with Crippen LogP contribution in [0.5, 0.6) is 0 Å². The Hall–Kier alpha value is -0.490. The SMILES string of the molecule is COC(C)(C)C(Cc1csc(C)n1)NN. The number of aromatic nitrogens is 1. The summed E-state index contributed by atoms with van der Waals surface area (Å²) in [5.74, 6) is 5.53. The van der Waals surface area contributed by atoms with Crippen molar-refractivity contribution in [2.75, 3.05) is 7.11 Å². The van der Waals surface area contributed by atoms with Crippen molar-refractivity contribution in [3.63, 3.8) is 0 Å². The van der Waals surface area contributed by atoms with E-state index in [9.17, 15) is 0 Å². The van der Waals surface area contributed by atoms with Crippen LogP contribution in [-0.4, -0.2) is 23.7 Å². The van der Waals surface area contributed by atoms with Crippen LogP contribution in [0, 0.1) is 6.92 Å². The molecule has 0 aliphatic heterocycles. The second-order valence-electron chi connectivity index (χ2n) is 4.09. The number of thiazole rings is 1.